The van der Waals surface area contributed by atoms with Crippen LogP contribution in [0.5, 0.6) is 0 Å². The maximum absolute atomic E-state index is 11.8. The second kappa shape index (κ2) is 6.11. The third-order valence-corrected chi connectivity index (χ3v) is 3.86. The number of hydrogen-bond acceptors (Lipinski definition) is 4. The first kappa shape index (κ1) is 13.9. The van der Waals surface area contributed by atoms with Gasteiger partial charge in [0.05, 0.1) is 18.8 Å². The Morgan fingerprint density at radius 3 is 3.00 bits per heavy atom. The van der Waals surface area contributed by atoms with E-state index >= 15 is 0 Å². The van der Waals surface area contributed by atoms with Crippen LogP contribution in [-0.2, 0) is 16.1 Å². The van der Waals surface area contributed by atoms with Crippen LogP contribution in [0.1, 0.15) is 36.4 Å². The molecular weight excluding hydrogens is 270 g/mol. The normalized spacial score (nSPS) is 20.9. The molecule has 2 fully saturated rings. The van der Waals surface area contributed by atoms with E-state index in [9.17, 15) is 4.79 Å². The van der Waals surface area contributed by atoms with Gasteiger partial charge in [0.25, 0.3) is 0 Å². The van der Waals surface area contributed by atoms with Crippen molar-refractivity contribution in [2.75, 3.05) is 18.5 Å². The molecule has 1 aliphatic heterocycles. The maximum atomic E-state index is 11.8. The van der Waals surface area contributed by atoms with Crippen molar-refractivity contribution in [3.63, 3.8) is 0 Å². The lowest BCUT2D eigenvalue weighted by Gasteiger charge is -2.14. The zero-order valence-electron chi connectivity index (χ0n) is 11.7. The molecule has 1 aromatic heterocycles. The van der Waals surface area contributed by atoms with E-state index in [1.807, 2.05) is 12.1 Å². The number of rotatable bonds is 5. The van der Waals surface area contributed by atoms with E-state index < -0.39 is 0 Å². The molecule has 0 bridgehead atoms. The summed E-state index contributed by atoms with van der Waals surface area (Å²) in [5.41, 5.74) is 10.3. The van der Waals surface area contributed by atoms with Crippen LogP contribution in [0.3, 0.4) is 0 Å². The van der Waals surface area contributed by atoms with Gasteiger partial charge in [0.2, 0.25) is 5.91 Å². The summed E-state index contributed by atoms with van der Waals surface area (Å²) >= 11 is 0. The number of nitrogens with one attached hydrogen (secondary N) is 1. The fourth-order valence-electron chi connectivity index (χ4n) is 2.53. The van der Waals surface area contributed by atoms with Crippen LogP contribution < -0.4 is 5.32 Å². The molecule has 1 atom stereocenters. The summed E-state index contributed by atoms with van der Waals surface area (Å²) in [5, 5.41) is 6.43. The van der Waals surface area contributed by atoms with Gasteiger partial charge in [-0.05, 0) is 36.4 Å². The number of carbonyl (C=O) groups excluding carboxylic acids is 1. The van der Waals surface area contributed by atoms with Gasteiger partial charge in [0, 0.05) is 23.4 Å². The van der Waals surface area contributed by atoms with Gasteiger partial charge >= 0.3 is 0 Å². The maximum Gasteiger partial charge on any atom is 0.228 e. The highest BCUT2D eigenvalue weighted by Crippen LogP contribution is 2.31. The standard InChI is InChI=1S/C14H17N5O2/c15-19-16-7-12-11(10-5-6-21-8-10)3-4-13(17-12)18-14(20)9-1-2-9/h3-4,9-10H,1-2,5-8H2,(H,17,18,20). The Morgan fingerprint density at radius 1 is 1.48 bits per heavy atom. The summed E-state index contributed by atoms with van der Waals surface area (Å²) in [6.45, 7) is 1.60. The zero-order chi connectivity index (χ0) is 14.7. The van der Waals surface area contributed by atoms with Crippen molar-refractivity contribution in [3.8, 4) is 0 Å². The van der Waals surface area contributed by atoms with Gasteiger partial charge in [-0.3, -0.25) is 4.79 Å². The number of anilines is 1. The van der Waals surface area contributed by atoms with Crippen LogP contribution in [0.2, 0.25) is 0 Å². The Balaban J connectivity index is 1.82. The van der Waals surface area contributed by atoms with Crippen molar-refractivity contribution in [1.29, 1.82) is 0 Å². The van der Waals surface area contributed by atoms with Crippen LogP contribution in [-0.4, -0.2) is 24.1 Å². The molecule has 1 saturated carbocycles. The number of nitrogens with zero attached hydrogens (tertiary/aromatic N) is 4. The van der Waals surface area contributed by atoms with E-state index in [0.717, 1.165) is 37.1 Å². The minimum atomic E-state index is 0.0224. The van der Waals surface area contributed by atoms with Crippen LogP contribution in [0.4, 0.5) is 5.82 Å². The summed E-state index contributed by atoms with van der Waals surface area (Å²) in [7, 11) is 0. The largest absolute Gasteiger partial charge is 0.381 e. The Bertz CT molecular complexity index is 587. The zero-order valence-corrected chi connectivity index (χ0v) is 11.7. The second-order valence-corrected chi connectivity index (χ2v) is 5.45. The predicted octanol–water partition coefficient (Wildman–Crippen LogP) is 2.74. The minimum absolute atomic E-state index is 0.0224. The fourth-order valence-corrected chi connectivity index (χ4v) is 2.53. The third-order valence-electron chi connectivity index (χ3n) is 3.86. The second-order valence-electron chi connectivity index (χ2n) is 5.45. The lowest BCUT2D eigenvalue weighted by molar-refractivity contribution is -0.117. The minimum Gasteiger partial charge on any atom is -0.381 e. The van der Waals surface area contributed by atoms with E-state index in [2.05, 4.69) is 20.3 Å². The molecule has 7 heteroatoms. The van der Waals surface area contributed by atoms with Gasteiger partial charge < -0.3 is 10.1 Å². The van der Waals surface area contributed by atoms with Gasteiger partial charge in [-0.25, -0.2) is 4.98 Å². The molecule has 0 radical (unpaired) electrons. The highest BCUT2D eigenvalue weighted by atomic mass is 16.5. The molecule has 3 rings (SSSR count). The quantitative estimate of drug-likeness (QED) is 0.512. The average molecular weight is 287 g/mol. The predicted molar refractivity (Wildman–Crippen MR) is 76.6 cm³/mol. The van der Waals surface area contributed by atoms with Crippen molar-refractivity contribution >= 4 is 11.7 Å². The highest BCUT2D eigenvalue weighted by molar-refractivity contribution is 5.93. The molecule has 1 aromatic rings. The van der Waals surface area contributed by atoms with Crippen LogP contribution in [0, 0.1) is 5.92 Å². The summed E-state index contributed by atoms with van der Waals surface area (Å²) in [6.07, 6.45) is 2.85. The molecule has 1 amide bonds. The van der Waals surface area contributed by atoms with Crippen molar-refractivity contribution in [1.82, 2.24) is 4.98 Å². The van der Waals surface area contributed by atoms with Gasteiger partial charge in [-0.2, -0.15) is 0 Å². The van der Waals surface area contributed by atoms with E-state index in [0.29, 0.717) is 12.4 Å². The summed E-state index contributed by atoms with van der Waals surface area (Å²) in [4.78, 5) is 19.0. The smallest absolute Gasteiger partial charge is 0.228 e. The van der Waals surface area contributed by atoms with Gasteiger partial charge in [-0.1, -0.05) is 11.2 Å². The van der Waals surface area contributed by atoms with Gasteiger partial charge in [-0.15, -0.1) is 0 Å². The number of hydrogen-bond donors (Lipinski definition) is 1. The number of amides is 1. The van der Waals surface area contributed by atoms with Crippen molar-refractivity contribution in [2.24, 2.45) is 11.0 Å². The molecule has 1 aliphatic carbocycles. The summed E-state index contributed by atoms with van der Waals surface area (Å²) < 4.78 is 5.40. The van der Waals surface area contributed by atoms with E-state index in [1.165, 1.54) is 0 Å². The average Bonchev–Trinajstić information content (AvgIpc) is 3.21. The first-order chi connectivity index (χ1) is 10.3. The number of aromatic nitrogens is 1. The molecule has 0 spiro atoms. The molecule has 2 aliphatic rings. The van der Waals surface area contributed by atoms with Crippen molar-refractivity contribution in [3.05, 3.63) is 33.8 Å². The summed E-state index contributed by atoms with van der Waals surface area (Å²) in [6, 6.07) is 3.77. The Morgan fingerprint density at radius 2 is 2.33 bits per heavy atom. The Kier molecular flexibility index (Phi) is 4.03. The Labute approximate surface area is 122 Å². The van der Waals surface area contributed by atoms with Crippen molar-refractivity contribution < 1.29 is 9.53 Å². The van der Waals surface area contributed by atoms with Crippen LogP contribution in [0.25, 0.3) is 10.4 Å². The lowest BCUT2D eigenvalue weighted by Crippen LogP contribution is -2.15. The molecule has 1 saturated heterocycles. The first-order valence-electron chi connectivity index (χ1n) is 7.17. The van der Waals surface area contributed by atoms with Crippen LogP contribution in [0.15, 0.2) is 17.2 Å². The monoisotopic (exact) mass is 287 g/mol. The number of pyridine rings is 1. The third kappa shape index (κ3) is 3.32. The van der Waals surface area contributed by atoms with Crippen molar-refractivity contribution in [2.45, 2.75) is 31.7 Å². The van der Waals surface area contributed by atoms with E-state index in [4.69, 9.17) is 10.3 Å². The number of azide groups is 1. The van der Waals surface area contributed by atoms with Crippen LogP contribution >= 0.6 is 0 Å². The molecule has 2 heterocycles. The fraction of sp³-hybridized carbons (Fsp3) is 0.571. The number of ether oxygens (including phenoxy) is 1. The van der Waals surface area contributed by atoms with Gasteiger partial charge in [0.15, 0.2) is 0 Å². The highest BCUT2D eigenvalue weighted by Gasteiger charge is 2.30. The van der Waals surface area contributed by atoms with E-state index in [1.54, 1.807) is 0 Å². The summed E-state index contributed by atoms with van der Waals surface area (Å²) in [5.74, 6) is 0.969. The molecule has 110 valence electrons. The number of carbonyl (C=O) groups is 1. The Hall–Kier alpha value is -2.11. The molecular formula is C14H17N5O2. The molecule has 1 unspecified atom stereocenters. The topological polar surface area (TPSA) is 100.0 Å². The van der Waals surface area contributed by atoms with E-state index in [-0.39, 0.29) is 24.3 Å². The molecule has 7 nitrogen and oxygen atoms in total. The molecule has 0 aromatic carbocycles. The SMILES string of the molecule is [N-]=[N+]=NCc1nc(NC(=O)C2CC2)ccc1C1CCOC1. The first-order valence-corrected chi connectivity index (χ1v) is 7.17. The van der Waals surface area contributed by atoms with Gasteiger partial charge in [0.1, 0.15) is 5.82 Å². The molecule has 1 N–H and O–H groups in total. The molecule has 21 heavy (non-hydrogen) atoms. The lowest BCUT2D eigenvalue weighted by atomic mass is 9.97.